The van der Waals surface area contributed by atoms with Crippen LogP contribution in [0.15, 0.2) is 24.3 Å². The van der Waals surface area contributed by atoms with Crippen LogP contribution in [-0.4, -0.2) is 37.6 Å². The van der Waals surface area contributed by atoms with Gasteiger partial charge >= 0.3 is 0 Å². The van der Waals surface area contributed by atoms with Crippen LogP contribution in [-0.2, 0) is 6.54 Å². The Bertz CT molecular complexity index is 928. The quantitative estimate of drug-likeness (QED) is 0.872. The molecular formula is C22H25NO5. The average molecular weight is 383 g/mol. The number of hydrogen-bond donors (Lipinski definition) is 1. The van der Waals surface area contributed by atoms with Gasteiger partial charge in [0.05, 0.1) is 20.3 Å². The highest BCUT2D eigenvalue weighted by Crippen LogP contribution is 2.58. The van der Waals surface area contributed by atoms with E-state index in [9.17, 15) is 5.11 Å². The first-order chi connectivity index (χ1) is 13.7. The van der Waals surface area contributed by atoms with E-state index in [0.29, 0.717) is 11.5 Å². The van der Waals surface area contributed by atoms with E-state index in [2.05, 4.69) is 24.0 Å². The molecule has 0 saturated carbocycles. The Hall–Kier alpha value is -2.44. The summed E-state index contributed by atoms with van der Waals surface area (Å²) in [6, 6.07) is 8.19. The van der Waals surface area contributed by atoms with Crippen LogP contribution >= 0.6 is 0 Å². The number of methoxy groups -OCH3 is 2. The highest BCUT2D eigenvalue weighted by atomic mass is 16.7. The molecule has 6 heteroatoms. The van der Waals surface area contributed by atoms with Crippen molar-refractivity contribution in [2.24, 2.45) is 0 Å². The molecule has 0 saturated heterocycles. The lowest BCUT2D eigenvalue weighted by molar-refractivity contribution is 0.0796. The maximum absolute atomic E-state index is 11.3. The van der Waals surface area contributed by atoms with E-state index in [1.54, 1.807) is 14.2 Å². The van der Waals surface area contributed by atoms with E-state index in [1.165, 1.54) is 5.56 Å². The molecule has 0 spiro atoms. The molecule has 2 aliphatic heterocycles. The van der Waals surface area contributed by atoms with Crippen LogP contribution < -0.4 is 18.9 Å². The Morgan fingerprint density at radius 1 is 1.00 bits per heavy atom. The molecule has 2 heterocycles. The van der Waals surface area contributed by atoms with Crippen molar-refractivity contribution < 1.29 is 24.1 Å². The van der Waals surface area contributed by atoms with Crippen molar-refractivity contribution in [2.45, 2.75) is 38.0 Å². The van der Waals surface area contributed by atoms with Crippen molar-refractivity contribution in [3.05, 3.63) is 46.5 Å². The molecule has 0 fully saturated rings. The number of nitrogens with zero attached hydrogens (tertiary/aromatic N) is 1. The van der Waals surface area contributed by atoms with Gasteiger partial charge in [-0.15, -0.1) is 0 Å². The van der Waals surface area contributed by atoms with Crippen LogP contribution in [0.25, 0.3) is 0 Å². The Balaban J connectivity index is 1.68. The third kappa shape index (κ3) is 2.41. The maximum Gasteiger partial charge on any atom is 0.231 e. The lowest BCUT2D eigenvalue weighted by Gasteiger charge is -2.40. The van der Waals surface area contributed by atoms with Crippen LogP contribution in [0.4, 0.5) is 0 Å². The van der Waals surface area contributed by atoms with Crippen LogP contribution in [0.5, 0.6) is 23.0 Å². The van der Waals surface area contributed by atoms with E-state index in [1.807, 2.05) is 12.1 Å². The van der Waals surface area contributed by atoms with Crippen molar-refractivity contribution in [2.75, 3.05) is 27.6 Å². The normalized spacial score (nSPS) is 24.5. The molecule has 3 atom stereocenters. The summed E-state index contributed by atoms with van der Waals surface area (Å²) in [5.41, 5.74) is 4.37. The molecule has 0 unspecified atom stereocenters. The standard InChI is InChI=1S/C22H25NO5/c1-4-5-23-10-12-6-16(25-2)17(26-3)7-13(12)20-21(23)14-8-18-19(28-11-27-18)9-15(14)22(20)24/h6-9,20-22,24H,4-5,10-11H2,1-3H3/t20-,21-,22+/m1/s1. The number of hydrogen-bond acceptors (Lipinski definition) is 6. The van der Waals surface area contributed by atoms with Crippen LogP contribution in [0.3, 0.4) is 0 Å². The minimum atomic E-state index is -0.606. The number of ether oxygens (including phenoxy) is 4. The number of benzene rings is 2. The van der Waals surface area contributed by atoms with Gasteiger partial charge in [0, 0.05) is 18.5 Å². The highest BCUT2D eigenvalue weighted by Gasteiger charge is 2.48. The van der Waals surface area contributed by atoms with Gasteiger partial charge in [-0.2, -0.15) is 0 Å². The van der Waals surface area contributed by atoms with Gasteiger partial charge < -0.3 is 24.1 Å². The Kier molecular flexibility index (Phi) is 4.14. The van der Waals surface area contributed by atoms with Gasteiger partial charge in [0.25, 0.3) is 0 Å². The monoisotopic (exact) mass is 383 g/mol. The van der Waals surface area contributed by atoms with Gasteiger partial charge in [0.1, 0.15) is 0 Å². The van der Waals surface area contributed by atoms with E-state index < -0.39 is 6.10 Å². The van der Waals surface area contributed by atoms with E-state index in [-0.39, 0.29) is 18.8 Å². The predicted octanol–water partition coefficient (Wildman–Crippen LogP) is 3.53. The Morgan fingerprint density at radius 3 is 2.36 bits per heavy atom. The fourth-order valence-electron chi connectivity index (χ4n) is 5.02. The summed E-state index contributed by atoms with van der Waals surface area (Å²) in [6.07, 6.45) is 0.438. The third-order valence-corrected chi connectivity index (χ3v) is 6.18. The van der Waals surface area contributed by atoms with Gasteiger partial charge in [0.15, 0.2) is 23.0 Å². The first-order valence-electron chi connectivity index (χ1n) is 9.76. The fourth-order valence-corrected chi connectivity index (χ4v) is 5.02. The minimum absolute atomic E-state index is 0.0624. The first-order valence-corrected chi connectivity index (χ1v) is 9.76. The molecule has 0 bridgehead atoms. The lowest BCUT2D eigenvalue weighted by atomic mass is 9.82. The molecule has 0 radical (unpaired) electrons. The molecule has 1 N–H and O–H groups in total. The van der Waals surface area contributed by atoms with Crippen molar-refractivity contribution in [3.8, 4) is 23.0 Å². The summed E-state index contributed by atoms with van der Waals surface area (Å²) in [6.45, 7) is 4.19. The van der Waals surface area contributed by atoms with Crippen LogP contribution in [0.2, 0.25) is 0 Å². The van der Waals surface area contributed by atoms with E-state index in [4.69, 9.17) is 18.9 Å². The van der Waals surface area contributed by atoms with Crippen LogP contribution in [0.1, 0.15) is 53.7 Å². The van der Waals surface area contributed by atoms with Gasteiger partial charge in [-0.05, 0) is 59.5 Å². The fraction of sp³-hybridized carbons (Fsp3) is 0.455. The molecule has 148 valence electrons. The summed E-state index contributed by atoms with van der Waals surface area (Å²) in [5, 5.41) is 11.3. The zero-order chi connectivity index (χ0) is 19.4. The smallest absolute Gasteiger partial charge is 0.231 e. The maximum atomic E-state index is 11.3. The topological polar surface area (TPSA) is 60.4 Å². The van der Waals surface area contributed by atoms with Crippen molar-refractivity contribution in [1.82, 2.24) is 4.90 Å². The second kappa shape index (κ2) is 6.57. The van der Waals surface area contributed by atoms with Gasteiger partial charge in [-0.3, -0.25) is 4.90 Å². The second-order valence-electron chi connectivity index (χ2n) is 7.63. The largest absolute Gasteiger partial charge is 0.493 e. The molecule has 2 aromatic carbocycles. The molecule has 1 aliphatic carbocycles. The molecule has 3 aliphatic rings. The number of aliphatic hydroxyl groups excluding tert-OH is 1. The summed E-state index contributed by atoms with van der Waals surface area (Å²) in [7, 11) is 3.30. The first kappa shape index (κ1) is 17.6. The predicted molar refractivity (Wildman–Crippen MR) is 103 cm³/mol. The van der Waals surface area contributed by atoms with E-state index >= 15 is 0 Å². The number of fused-ring (bicyclic) bond motifs is 6. The highest BCUT2D eigenvalue weighted by molar-refractivity contribution is 5.58. The molecule has 28 heavy (non-hydrogen) atoms. The van der Waals surface area contributed by atoms with Gasteiger partial charge in [-0.25, -0.2) is 0 Å². The van der Waals surface area contributed by atoms with Crippen molar-refractivity contribution >= 4 is 0 Å². The minimum Gasteiger partial charge on any atom is -0.493 e. The van der Waals surface area contributed by atoms with Crippen LogP contribution in [0, 0.1) is 0 Å². The van der Waals surface area contributed by atoms with Gasteiger partial charge in [-0.1, -0.05) is 6.92 Å². The summed E-state index contributed by atoms with van der Waals surface area (Å²) >= 11 is 0. The molecular weight excluding hydrogens is 358 g/mol. The summed E-state index contributed by atoms with van der Waals surface area (Å²) in [4.78, 5) is 2.45. The molecule has 0 aromatic heterocycles. The molecule has 5 rings (SSSR count). The lowest BCUT2D eigenvalue weighted by Crippen LogP contribution is -2.36. The molecule has 6 nitrogen and oxygen atoms in total. The zero-order valence-electron chi connectivity index (χ0n) is 16.4. The zero-order valence-corrected chi connectivity index (χ0v) is 16.4. The second-order valence-corrected chi connectivity index (χ2v) is 7.63. The number of rotatable bonds is 4. The Morgan fingerprint density at radius 2 is 1.68 bits per heavy atom. The van der Waals surface area contributed by atoms with Gasteiger partial charge in [0.2, 0.25) is 6.79 Å². The van der Waals surface area contributed by atoms with Crippen molar-refractivity contribution in [1.29, 1.82) is 0 Å². The molecule has 2 aromatic rings. The van der Waals surface area contributed by atoms with E-state index in [0.717, 1.165) is 47.7 Å². The summed E-state index contributed by atoms with van der Waals surface area (Å²) < 4.78 is 22.2. The average Bonchev–Trinajstić information content (AvgIpc) is 3.28. The Labute approximate surface area is 164 Å². The third-order valence-electron chi connectivity index (χ3n) is 6.18. The SMILES string of the molecule is CCCN1Cc2cc(OC)c(OC)cc2[C@@H]2[C@H]1c1cc3c(cc1[C@@H]2O)OCO3. The van der Waals surface area contributed by atoms with Crippen molar-refractivity contribution in [3.63, 3.8) is 0 Å². The molecule has 0 amide bonds. The summed E-state index contributed by atoms with van der Waals surface area (Å²) in [5.74, 6) is 2.84. The number of aliphatic hydroxyl groups is 1.